The topological polar surface area (TPSA) is 75.6 Å². The predicted molar refractivity (Wildman–Crippen MR) is 69.6 cm³/mol. The third kappa shape index (κ3) is 2.91. The van der Waals surface area contributed by atoms with Crippen molar-refractivity contribution in [1.82, 2.24) is 5.32 Å². The number of carboxylic acids is 1. The first-order valence-corrected chi connectivity index (χ1v) is 7.08. The molecular weight excluding hydrogens is 246 g/mol. The number of hydrogen-bond acceptors (Lipinski definition) is 3. The van der Waals surface area contributed by atoms with Crippen LogP contribution in [-0.4, -0.2) is 35.2 Å². The zero-order valence-corrected chi connectivity index (χ0v) is 11.8. The zero-order valence-electron chi connectivity index (χ0n) is 11.8. The lowest BCUT2D eigenvalue weighted by Crippen LogP contribution is -2.42. The Labute approximate surface area is 113 Å². The summed E-state index contributed by atoms with van der Waals surface area (Å²) < 4.78 is 5.68. The molecule has 1 aliphatic carbocycles. The van der Waals surface area contributed by atoms with Crippen molar-refractivity contribution in [3.8, 4) is 0 Å². The van der Waals surface area contributed by atoms with Gasteiger partial charge in [0.2, 0.25) is 5.91 Å². The van der Waals surface area contributed by atoms with Crippen molar-refractivity contribution in [3.63, 3.8) is 0 Å². The first-order valence-electron chi connectivity index (χ1n) is 7.08. The van der Waals surface area contributed by atoms with E-state index in [0.29, 0.717) is 12.8 Å². The molecule has 0 radical (unpaired) electrons. The fourth-order valence-corrected chi connectivity index (χ4v) is 3.35. The van der Waals surface area contributed by atoms with E-state index in [0.717, 1.165) is 6.42 Å². The maximum atomic E-state index is 12.3. The molecule has 5 nitrogen and oxygen atoms in total. The van der Waals surface area contributed by atoms with Gasteiger partial charge in [-0.1, -0.05) is 6.92 Å². The predicted octanol–water partition coefficient (Wildman–Crippen LogP) is 1.42. The highest BCUT2D eigenvalue weighted by atomic mass is 16.5. The average Bonchev–Trinajstić information content (AvgIpc) is 2.85. The molecular formula is C14H23NO4. The smallest absolute Gasteiger partial charge is 0.306 e. The van der Waals surface area contributed by atoms with Crippen molar-refractivity contribution in [2.24, 2.45) is 17.8 Å². The number of aliphatic carboxylic acids is 1. The van der Waals surface area contributed by atoms with Gasteiger partial charge in [-0.15, -0.1) is 0 Å². The number of ether oxygens (including phenoxy) is 1. The normalized spacial score (nSPS) is 42.3. The SMILES string of the molecule is CC1OC(C)C(C(=O)N[C@H]2CC[C@@H](C(=O)O)C2)C1C. The van der Waals surface area contributed by atoms with Gasteiger partial charge in [0.25, 0.3) is 0 Å². The molecule has 0 bridgehead atoms. The highest BCUT2D eigenvalue weighted by Crippen LogP contribution is 2.33. The third-order valence-electron chi connectivity index (χ3n) is 4.67. The second kappa shape index (κ2) is 5.49. The standard InChI is InChI=1S/C14H23NO4/c1-7-8(2)19-9(3)12(7)13(16)15-11-5-4-10(6-11)14(17)18/h7-12H,4-6H2,1-3H3,(H,15,16)(H,17,18)/t7?,8?,9?,10-,11+,12?/m1/s1. The van der Waals surface area contributed by atoms with E-state index < -0.39 is 5.97 Å². The fraction of sp³-hybridized carbons (Fsp3) is 0.857. The molecule has 0 aromatic heterocycles. The zero-order chi connectivity index (χ0) is 14.2. The Bertz CT molecular complexity index is 370. The molecule has 2 N–H and O–H groups in total. The van der Waals surface area contributed by atoms with Crippen LogP contribution in [0.2, 0.25) is 0 Å². The summed E-state index contributed by atoms with van der Waals surface area (Å²) in [5.74, 6) is -0.971. The summed E-state index contributed by atoms with van der Waals surface area (Å²) in [7, 11) is 0. The Kier molecular flexibility index (Phi) is 4.13. The minimum absolute atomic E-state index is 0.00362. The van der Waals surface area contributed by atoms with Crippen LogP contribution in [0.4, 0.5) is 0 Å². The van der Waals surface area contributed by atoms with Crippen LogP contribution in [0.15, 0.2) is 0 Å². The van der Waals surface area contributed by atoms with Crippen LogP contribution in [0.25, 0.3) is 0 Å². The van der Waals surface area contributed by atoms with Gasteiger partial charge in [-0.3, -0.25) is 9.59 Å². The summed E-state index contributed by atoms with van der Waals surface area (Å²) >= 11 is 0. The molecule has 19 heavy (non-hydrogen) atoms. The molecule has 1 aliphatic heterocycles. The molecule has 1 heterocycles. The number of nitrogens with one attached hydrogen (secondary N) is 1. The van der Waals surface area contributed by atoms with E-state index in [-0.39, 0.29) is 41.9 Å². The van der Waals surface area contributed by atoms with Crippen molar-refractivity contribution in [2.75, 3.05) is 0 Å². The Morgan fingerprint density at radius 1 is 1.16 bits per heavy atom. The lowest BCUT2D eigenvalue weighted by Gasteiger charge is -2.21. The fourth-order valence-electron chi connectivity index (χ4n) is 3.35. The monoisotopic (exact) mass is 269 g/mol. The van der Waals surface area contributed by atoms with Gasteiger partial charge in [-0.2, -0.15) is 0 Å². The Morgan fingerprint density at radius 3 is 2.32 bits per heavy atom. The molecule has 1 saturated heterocycles. The van der Waals surface area contributed by atoms with Gasteiger partial charge in [0, 0.05) is 6.04 Å². The largest absolute Gasteiger partial charge is 0.481 e. The van der Waals surface area contributed by atoms with E-state index in [2.05, 4.69) is 5.32 Å². The molecule has 4 unspecified atom stereocenters. The maximum absolute atomic E-state index is 12.3. The number of carboxylic acid groups (broad SMARTS) is 1. The highest BCUT2D eigenvalue weighted by Gasteiger charge is 2.42. The molecule has 5 heteroatoms. The van der Waals surface area contributed by atoms with Gasteiger partial charge < -0.3 is 15.2 Å². The summed E-state index contributed by atoms with van der Waals surface area (Å²) in [5, 5.41) is 12.0. The molecule has 6 atom stereocenters. The summed E-state index contributed by atoms with van der Waals surface area (Å²) in [6, 6.07) is 0.00362. The summed E-state index contributed by atoms with van der Waals surface area (Å²) in [4.78, 5) is 23.2. The van der Waals surface area contributed by atoms with Crippen LogP contribution in [-0.2, 0) is 14.3 Å². The molecule has 2 fully saturated rings. The van der Waals surface area contributed by atoms with Crippen LogP contribution >= 0.6 is 0 Å². The number of carbonyl (C=O) groups excluding carboxylic acids is 1. The number of hydrogen-bond donors (Lipinski definition) is 2. The molecule has 2 aliphatic rings. The van der Waals surface area contributed by atoms with Crippen LogP contribution in [0.3, 0.4) is 0 Å². The maximum Gasteiger partial charge on any atom is 0.306 e. The van der Waals surface area contributed by atoms with E-state index in [1.54, 1.807) is 0 Å². The van der Waals surface area contributed by atoms with Crippen LogP contribution in [0.1, 0.15) is 40.0 Å². The van der Waals surface area contributed by atoms with Crippen LogP contribution < -0.4 is 5.32 Å². The van der Waals surface area contributed by atoms with Gasteiger partial charge in [0.1, 0.15) is 0 Å². The lowest BCUT2D eigenvalue weighted by atomic mass is 9.88. The van der Waals surface area contributed by atoms with Crippen molar-refractivity contribution in [1.29, 1.82) is 0 Å². The first kappa shape index (κ1) is 14.3. The third-order valence-corrected chi connectivity index (χ3v) is 4.67. The quantitative estimate of drug-likeness (QED) is 0.812. The molecule has 0 aromatic carbocycles. The van der Waals surface area contributed by atoms with Crippen LogP contribution in [0.5, 0.6) is 0 Å². The Morgan fingerprint density at radius 2 is 1.84 bits per heavy atom. The first-order chi connectivity index (χ1) is 8.90. The minimum atomic E-state index is -0.753. The van der Waals surface area contributed by atoms with E-state index >= 15 is 0 Å². The van der Waals surface area contributed by atoms with Gasteiger partial charge in [0.05, 0.1) is 24.0 Å². The molecule has 0 spiro atoms. The highest BCUT2D eigenvalue weighted by molar-refractivity contribution is 5.80. The van der Waals surface area contributed by atoms with Gasteiger partial charge in [0.15, 0.2) is 0 Å². The second-order valence-electron chi connectivity index (χ2n) is 5.98. The number of carbonyl (C=O) groups is 2. The molecule has 1 amide bonds. The Balaban J connectivity index is 1.90. The number of amides is 1. The number of rotatable bonds is 3. The Hall–Kier alpha value is -1.10. The van der Waals surface area contributed by atoms with E-state index in [1.165, 1.54) is 0 Å². The van der Waals surface area contributed by atoms with Crippen molar-refractivity contribution in [2.45, 2.75) is 58.3 Å². The van der Waals surface area contributed by atoms with Crippen molar-refractivity contribution < 1.29 is 19.4 Å². The van der Waals surface area contributed by atoms with Gasteiger partial charge >= 0.3 is 5.97 Å². The molecule has 1 saturated carbocycles. The average molecular weight is 269 g/mol. The van der Waals surface area contributed by atoms with Gasteiger partial charge in [-0.05, 0) is 39.0 Å². The second-order valence-corrected chi connectivity index (χ2v) is 5.98. The van der Waals surface area contributed by atoms with E-state index in [1.807, 2.05) is 20.8 Å². The lowest BCUT2D eigenvalue weighted by molar-refractivity contribution is -0.141. The van der Waals surface area contributed by atoms with Crippen molar-refractivity contribution >= 4 is 11.9 Å². The molecule has 0 aromatic rings. The summed E-state index contributed by atoms with van der Waals surface area (Å²) in [5.41, 5.74) is 0. The summed E-state index contributed by atoms with van der Waals surface area (Å²) in [6.45, 7) is 5.95. The van der Waals surface area contributed by atoms with Gasteiger partial charge in [-0.25, -0.2) is 0 Å². The van der Waals surface area contributed by atoms with Crippen LogP contribution in [0, 0.1) is 17.8 Å². The van der Waals surface area contributed by atoms with Crippen molar-refractivity contribution in [3.05, 3.63) is 0 Å². The molecule has 2 rings (SSSR count). The van der Waals surface area contributed by atoms with E-state index in [9.17, 15) is 9.59 Å². The van der Waals surface area contributed by atoms with E-state index in [4.69, 9.17) is 9.84 Å². The minimum Gasteiger partial charge on any atom is -0.481 e. The molecule has 108 valence electrons. The summed E-state index contributed by atoms with van der Waals surface area (Å²) in [6.07, 6.45) is 1.99.